The van der Waals surface area contributed by atoms with Crippen molar-refractivity contribution in [1.29, 1.82) is 0 Å². The lowest BCUT2D eigenvalue weighted by molar-refractivity contribution is 0.582. The highest BCUT2D eigenvalue weighted by Crippen LogP contribution is 2.33. The molecule has 1 unspecified atom stereocenters. The zero-order chi connectivity index (χ0) is 14.9. The molecule has 1 atom stereocenters. The molecule has 0 saturated heterocycles. The van der Waals surface area contributed by atoms with Crippen LogP contribution in [0.4, 0.5) is 14.5 Å². The maximum atomic E-state index is 13.8. The average Bonchev–Trinajstić information content (AvgIpc) is 2.33. The van der Waals surface area contributed by atoms with Gasteiger partial charge in [-0.05, 0) is 46.6 Å². The SMILES string of the molecule is CC(Nc1c(F)cc(F)cc1Br)c1ccc(Br)cc1Cl. The van der Waals surface area contributed by atoms with E-state index in [1.54, 1.807) is 6.07 Å². The zero-order valence-corrected chi connectivity index (χ0v) is 14.3. The Hall–Kier alpha value is -0.650. The van der Waals surface area contributed by atoms with Crippen molar-refractivity contribution in [2.24, 2.45) is 0 Å². The van der Waals surface area contributed by atoms with Crippen LogP contribution in [0.15, 0.2) is 39.3 Å². The molecule has 6 heteroatoms. The van der Waals surface area contributed by atoms with Gasteiger partial charge in [0.25, 0.3) is 0 Å². The van der Waals surface area contributed by atoms with E-state index in [-0.39, 0.29) is 11.7 Å². The summed E-state index contributed by atoms with van der Waals surface area (Å²) in [7, 11) is 0. The van der Waals surface area contributed by atoms with E-state index in [2.05, 4.69) is 37.2 Å². The Morgan fingerprint density at radius 3 is 2.45 bits per heavy atom. The predicted octanol–water partition coefficient (Wildman–Crippen LogP) is 6.32. The number of nitrogens with one attached hydrogen (secondary N) is 1. The maximum absolute atomic E-state index is 13.8. The minimum Gasteiger partial charge on any atom is -0.375 e. The van der Waals surface area contributed by atoms with E-state index in [4.69, 9.17) is 11.6 Å². The second kappa shape index (κ2) is 6.41. The van der Waals surface area contributed by atoms with Crippen molar-refractivity contribution in [3.8, 4) is 0 Å². The van der Waals surface area contributed by atoms with Crippen LogP contribution in [0, 0.1) is 11.6 Å². The van der Waals surface area contributed by atoms with Gasteiger partial charge in [0.05, 0.1) is 11.7 Å². The molecule has 0 aliphatic heterocycles. The van der Waals surface area contributed by atoms with Crippen LogP contribution in [-0.2, 0) is 0 Å². The minimum absolute atomic E-state index is 0.206. The fourth-order valence-corrected chi connectivity index (χ4v) is 3.19. The molecule has 2 aromatic rings. The van der Waals surface area contributed by atoms with Gasteiger partial charge in [0, 0.05) is 20.0 Å². The van der Waals surface area contributed by atoms with E-state index in [0.29, 0.717) is 9.50 Å². The highest BCUT2D eigenvalue weighted by Gasteiger charge is 2.15. The van der Waals surface area contributed by atoms with Crippen LogP contribution in [0.2, 0.25) is 5.02 Å². The largest absolute Gasteiger partial charge is 0.375 e. The molecule has 0 aliphatic carbocycles. The first-order valence-corrected chi connectivity index (χ1v) is 7.71. The number of rotatable bonds is 3. The van der Waals surface area contributed by atoms with Crippen LogP contribution in [0.3, 0.4) is 0 Å². The molecule has 1 nitrogen and oxygen atoms in total. The maximum Gasteiger partial charge on any atom is 0.150 e. The molecule has 0 saturated carbocycles. The van der Waals surface area contributed by atoms with Gasteiger partial charge in [-0.1, -0.05) is 33.6 Å². The Morgan fingerprint density at radius 1 is 1.15 bits per heavy atom. The van der Waals surface area contributed by atoms with Gasteiger partial charge in [0.1, 0.15) is 11.6 Å². The van der Waals surface area contributed by atoms with Crippen molar-refractivity contribution in [1.82, 2.24) is 0 Å². The smallest absolute Gasteiger partial charge is 0.150 e. The Balaban J connectivity index is 2.30. The highest BCUT2D eigenvalue weighted by molar-refractivity contribution is 9.10. The number of hydrogen-bond acceptors (Lipinski definition) is 1. The van der Waals surface area contributed by atoms with Crippen molar-refractivity contribution in [3.63, 3.8) is 0 Å². The molecular formula is C14H10Br2ClF2N. The number of halogens is 5. The Kier molecular flexibility index (Phi) is 5.04. The molecule has 106 valence electrons. The molecule has 1 N–H and O–H groups in total. The van der Waals surface area contributed by atoms with Crippen molar-refractivity contribution >= 4 is 49.1 Å². The van der Waals surface area contributed by atoms with Gasteiger partial charge in [-0.2, -0.15) is 0 Å². The van der Waals surface area contributed by atoms with Crippen molar-refractivity contribution < 1.29 is 8.78 Å². The topological polar surface area (TPSA) is 12.0 Å². The van der Waals surface area contributed by atoms with Crippen LogP contribution < -0.4 is 5.32 Å². The standard InChI is InChI=1S/C14H10Br2ClF2N/c1-7(10-3-2-8(15)4-12(10)17)20-14-11(16)5-9(18)6-13(14)19/h2-7,20H,1H3. The summed E-state index contributed by atoms with van der Waals surface area (Å²) in [6, 6.07) is 7.29. The Bertz CT molecular complexity index is 626. The van der Waals surface area contributed by atoms with Crippen molar-refractivity contribution in [3.05, 3.63) is 61.5 Å². The first-order valence-electron chi connectivity index (χ1n) is 5.74. The van der Waals surface area contributed by atoms with E-state index >= 15 is 0 Å². The fourth-order valence-electron chi connectivity index (χ4n) is 1.83. The number of anilines is 1. The lowest BCUT2D eigenvalue weighted by Crippen LogP contribution is -2.09. The normalized spacial score (nSPS) is 12.3. The Morgan fingerprint density at radius 2 is 1.85 bits per heavy atom. The highest BCUT2D eigenvalue weighted by atomic mass is 79.9. The molecule has 0 fully saturated rings. The summed E-state index contributed by atoms with van der Waals surface area (Å²) in [6.07, 6.45) is 0. The summed E-state index contributed by atoms with van der Waals surface area (Å²) < 4.78 is 28.0. The molecule has 0 radical (unpaired) electrons. The molecule has 0 aromatic heterocycles. The van der Waals surface area contributed by atoms with E-state index in [1.165, 1.54) is 6.07 Å². The van der Waals surface area contributed by atoms with Gasteiger partial charge in [-0.15, -0.1) is 0 Å². The van der Waals surface area contributed by atoms with Gasteiger partial charge in [0.15, 0.2) is 0 Å². The van der Waals surface area contributed by atoms with E-state index in [0.717, 1.165) is 16.1 Å². The summed E-state index contributed by atoms with van der Waals surface area (Å²) >= 11 is 12.6. The van der Waals surface area contributed by atoms with Gasteiger partial charge in [-0.25, -0.2) is 8.78 Å². The first-order chi connectivity index (χ1) is 9.38. The second-order valence-electron chi connectivity index (χ2n) is 4.28. The van der Waals surface area contributed by atoms with Crippen LogP contribution in [0.1, 0.15) is 18.5 Å². The summed E-state index contributed by atoms with van der Waals surface area (Å²) in [5, 5.41) is 3.56. The molecular weight excluding hydrogens is 415 g/mol. The molecule has 0 aliphatic rings. The summed E-state index contributed by atoms with van der Waals surface area (Å²) in [5.74, 6) is -1.29. The molecule has 2 rings (SSSR count). The minimum atomic E-state index is -0.656. The molecule has 0 spiro atoms. The molecule has 0 amide bonds. The second-order valence-corrected chi connectivity index (χ2v) is 6.45. The van der Waals surface area contributed by atoms with E-state index < -0.39 is 11.6 Å². The third kappa shape index (κ3) is 3.51. The molecule has 2 aromatic carbocycles. The van der Waals surface area contributed by atoms with Crippen LogP contribution in [0.5, 0.6) is 0 Å². The van der Waals surface area contributed by atoms with Gasteiger partial charge in [-0.3, -0.25) is 0 Å². The van der Waals surface area contributed by atoms with Gasteiger partial charge in [0.2, 0.25) is 0 Å². The van der Waals surface area contributed by atoms with Crippen molar-refractivity contribution in [2.45, 2.75) is 13.0 Å². The third-order valence-corrected chi connectivity index (χ3v) is 4.24. The fraction of sp³-hybridized carbons (Fsp3) is 0.143. The summed E-state index contributed by atoms with van der Waals surface area (Å²) in [5.41, 5.74) is 1.03. The summed E-state index contributed by atoms with van der Waals surface area (Å²) in [6.45, 7) is 1.85. The van der Waals surface area contributed by atoms with Crippen LogP contribution >= 0.6 is 43.5 Å². The molecule has 0 bridgehead atoms. The lowest BCUT2D eigenvalue weighted by atomic mass is 10.1. The lowest BCUT2D eigenvalue weighted by Gasteiger charge is -2.19. The first kappa shape index (κ1) is 15.7. The van der Waals surface area contributed by atoms with Crippen molar-refractivity contribution in [2.75, 3.05) is 5.32 Å². The Labute approximate surface area is 137 Å². The summed E-state index contributed by atoms with van der Waals surface area (Å²) in [4.78, 5) is 0. The van der Waals surface area contributed by atoms with E-state index in [1.807, 2.05) is 19.1 Å². The number of benzene rings is 2. The average molecular weight is 425 g/mol. The van der Waals surface area contributed by atoms with E-state index in [9.17, 15) is 8.78 Å². The predicted molar refractivity (Wildman–Crippen MR) is 85.2 cm³/mol. The number of hydrogen-bond donors (Lipinski definition) is 1. The molecule has 0 heterocycles. The van der Waals surface area contributed by atoms with Gasteiger partial charge >= 0.3 is 0 Å². The quantitative estimate of drug-likeness (QED) is 0.607. The van der Waals surface area contributed by atoms with Crippen LogP contribution in [0.25, 0.3) is 0 Å². The van der Waals surface area contributed by atoms with Gasteiger partial charge < -0.3 is 5.32 Å². The third-order valence-electron chi connectivity index (χ3n) is 2.80. The zero-order valence-electron chi connectivity index (χ0n) is 10.4. The van der Waals surface area contributed by atoms with Crippen LogP contribution in [-0.4, -0.2) is 0 Å². The monoisotopic (exact) mass is 423 g/mol. The molecule has 20 heavy (non-hydrogen) atoms.